The lowest BCUT2D eigenvalue weighted by Gasteiger charge is -2.09. The molecule has 0 unspecified atom stereocenters. The number of hydrogen-bond donors (Lipinski definition) is 2. The Bertz CT molecular complexity index is 314. The van der Waals surface area contributed by atoms with E-state index in [0.29, 0.717) is 24.2 Å². The molecule has 0 spiro atoms. The van der Waals surface area contributed by atoms with Crippen LogP contribution in [0.25, 0.3) is 0 Å². The van der Waals surface area contributed by atoms with E-state index in [1.165, 1.54) is 0 Å². The van der Waals surface area contributed by atoms with Crippen LogP contribution in [-0.4, -0.2) is 31.4 Å². The van der Waals surface area contributed by atoms with Crippen molar-refractivity contribution >= 4 is 7.12 Å². The van der Waals surface area contributed by atoms with E-state index < -0.39 is 7.12 Å². The predicted octanol–water partition coefficient (Wildman–Crippen LogP) is 0.719. The smallest absolute Gasteiger partial charge is 0.451 e. The molecule has 0 bridgehead atoms. The lowest BCUT2D eigenvalue weighted by Crippen LogP contribution is -2.11. The van der Waals surface area contributed by atoms with Crippen molar-refractivity contribution in [2.75, 3.05) is 14.2 Å². The summed E-state index contributed by atoms with van der Waals surface area (Å²) in [4.78, 5) is 0. The van der Waals surface area contributed by atoms with Crippen LogP contribution >= 0.6 is 0 Å². The third-order valence-corrected chi connectivity index (χ3v) is 2.14. The Morgan fingerprint density at radius 2 is 1.80 bits per heavy atom. The van der Waals surface area contributed by atoms with Gasteiger partial charge in [-0.15, -0.1) is 0 Å². The van der Waals surface area contributed by atoms with E-state index >= 15 is 0 Å². The van der Waals surface area contributed by atoms with Gasteiger partial charge in [-0.3, -0.25) is 0 Å². The molecule has 0 amide bonds. The molecule has 0 saturated heterocycles. The minimum Gasteiger partial charge on any atom is -0.493 e. The summed E-state index contributed by atoms with van der Waals surface area (Å²) in [6, 6.07) is 5.52. The summed E-state index contributed by atoms with van der Waals surface area (Å²) in [6.45, 7) is 0. The highest BCUT2D eigenvalue weighted by Gasteiger charge is 2.09. The van der Waals surface area contributed by atoms with Crippen molar-refractivity contribution in [2.24, 2.45) is 0 Å². The minimum atomic E-state index is -1.27. The Morgan fingerprint density at radius 1 is 1.13 bits per heavy atom. The van der Waals surface area contributed by atoms with Gasteiger partial charge in [0, 0.05) is 0 Å². The Labute approximate surface area is 89.6 Å². The number of rotatable bonds is 5. The Kier molecular flexibility index (Phi) is 4.46. The van der Waals surface area contributed by atoms with E-state index in [-0.39, 0.29) is 0 Å². The summed E-state index contributed by atoms with van der Waals surface area (Å²) in [6.07, 6.45) is 0.910. The second-order valence-electron chi connectivity index (χ2n) is 3.21. The average molecular weight is 210 g/mol. The second kappa shape index (κ2) is 5.63. The van der Waals surface area contributed by atoms with Gasteiger partial charge in [0.25, 0.3) is 0 Å². The van der Waals surface area contributed by atoms with Gasteiger partial charge in [-0.25, -0.2) is 0 Å². The molecular weight excluding hydrogens is 195 g/mol. The zero-order valence-electron chi connectivity index (χ0n) is 8.93. The van der Waals surface area contributed by atoms with Crippen LogP contribution in [0.2, 0.25) is 6.32 Å². The van der Waals surface area contributed by atoms with Crippen LogP contribution in [0.5, 0.6) is 11.5 Å². The molecule has 0 fully saturated rings. The molecule has 1 rings (SSSR count). The van der Waals surface area contributed by atoms with E-state index in [2.05, 4.69) is 0 Å². The van der Waals surface area contributed by atoms with Crippen LogP contribution in [0.3, 0.4) is 0 Å². The summed E-state index contributed by atoms with van der Waals surface area (Å²) in [5, 5.41) is 17.5. The first-order valence-corrected chi connectivity index (χ1v) is 4.74. The van der Waals surface area contributed by atoms with Crippen molar-refractivity contribution in [2.45, 2.75) is 12.7 Å². The van der Waals surface area contributed by atoms with E-state index in [4.69, 9.17) is 19.5 Å². The standard InChI is InChI=1S/C10H15BO4/c1-14-9-4-3-8(5-6-11(12)13)7-10(9)15-2/h3-4,7,12-13H,5-6H2,1-2H3. The molecular formula is C10H15BO4. The zero-order chi connectivity index (χ0) is 11.3. The highest BCUT2D eigenvalue weighted by atomic mass is 16.5. The van der Waals surface area contributed by atoms with Gasteiger partial charge in [0.15, 0.2) is 11.5 Å². The van der Waals surface area contributed by atoms with Crippen LogP contribution in [0.1, 0.15) is 5.56 Å². The molecule has 1 aromatic rings. The summed E-state index contributed by atoms with van der Waals surface area (Å²) >= 11 is 0. The lowest BCUT2D eigenvalue weighted by atomic mass is 9.83. The first-order valence-electron chi connectivity index (χ1n) is 4.74. The predicted molar refractivity (Wildman–Crippen MR) is 58.2 cm³/mol. The molecule has 0 aliphatic carbocycles. The van der Waals surface area contributed by atoms with Gasteiger partial charge in [-0.2, -0.15) is 0 Å². The van der Waals surface area contributed by atoms with Crippen LogP contribution < -0.4 is 9.47 Å². The third-order valence-electron chi connectivity index (χ3n) is 2.14. The fourth-order valence-corrected chi connectivity index (χ4v) is 1.33. The van der Waals surface area contributed by atoms with E-state index in [1.807, 2.05) is 12.1 Å². The molecule has 0 radical (unpaired) electrons. The summed E-state index contributed by atoms with van der Waals surface area (Å²) < 4.78 is 10.2. The Balaban J connectivity index is 2.74. The van der Waals surface area contributed by atoms with Gasteiger partial charge < -0.3 is 19.5 Å². The fourth-order valence-electron chi connectivity index (χ4n) is 1.33. The van der Waals surface area contributed by atoms with Crippen molar-refractivity contribution in [3.05, 3.63) is 23.8 Å². The number of benzene rings is 1. The highest BCUT2D eigenvalue weighted by molar-refractivity contribution is 6.40. The van der Waals surface area contributed by atoms with Crippen LogP contribution in [0.4, 0.5) is 0 Å². The Hall–Kier alpha value is -1.20. The summed E-state index contributed by atoms with van der Waals surface area (Å²) in [5.74, 6) is 1.33. The van der Waals surface area contributed by atoms with Gasteiger partial charge in [0.05, 0.1) is 14.2 Å². The van der Waals surface area contributed by atoms with Crippen molar-refractivity contribution in [1.82, 2.24) is 0 Å². The van der Waals surface area contributed by atoms with Gasteiger partial charge in [0.2, 0.25) is 0 Å². The van der Waals surface area contributed by atoms with Crippen molar-refractivity contribution < 1.29 is 19.5 Å². The second-order valence-corrected chi connectivity index (χ2v) is 3.21. The first kappa shape index (κ1) is 11.9. The number of aryl methyl sites for hydroxylation is 1. The lowest BCUT2D eigenvalue weighted by molar-refractivity contribution is 0.354. The molecule has 0 aliphatic heterocycles. The largest absolute Gasteiger partial charge is 0.493 e. The zero-order valence-corrected chi connectivity index (χ0v) is 8.93. The molecule has 15 heavy (non-hydrogen) atoms. The van der Waals surface area contributed by atoms with Crippen LogP contribution in [-0.2, 0) is 6.42 Å². The first-order chi connectivity index (χ1) is 7.17. The SMILES string of the molecule is COc1ccc(CCB(O)O)cc1OC. The van der Waals surface area contributed by atoms with Crippen LogP contribution in [0.15, 0.2) is 18.2 Å². The van der Waals surface area contributed by atoms with E-state index in [9.17, 15) is 0 Å². The van der Waals surface area contributed by atoms with Gasteiger partial charge in [-0.1, -0.05) is 6.07 Å². The van der Waals surface area contributed by atoms with Gasteiger partial charge >= 0.3 is 7.12 Å². The molecule has 0 aromatic heterocycles. The maximum absolute atomic E-state index is 8.74. The van der Waals surface area contributed by atoms with Crippen LogP contribution in [0, 0.1) is 0 Å². The molecule has 82 valence electrons. The molecule has 4 nitrogen and oxygen atoms in total. The van der Waals surface area contributed by atoms with Gasteiger partial charge in [-0.05, 0) is 30.4 Å². The number of methoxy groups -OCH3 is 2. The van der Waals surface area contributed by atoms with Crippen molar-refractivity contribution in [3.63, 3.8) is 0 Å². The quantitative estimate of drug-likeness (QED) is 0.703. The number of ether oxygens (including phenoxy) is 2. The van der Waals surface area contributed by atoms with Crippen molar-refractivity contribution in [1.29, 1.82) is 0 Å². The fraction of sp³-hybridized carbons (Fsp3) is 0.400. The van der Waals surface area contributed by atoms with Gasteiger partial charge in [0.1, 0.15) is 0 Å². The molecule has 0 atom stereocenters. The topological polar surface area (TPSA) is 58.9 Å². The third kappa shape index (κ3) is 3.45. The number of hydrogen-bond acceptors (Lipinski definition) is 4. The summed E-state index contributed by atoms with van der Waals surface area (Å²) in [7, 11) is 1.88. The molecule has 0 saturated carbocycles. The molecule has 0 aliphatic rings. The molecule has 5 heteroatoms. The monoisotopic (exact) mass is 210 g/mol. The molecule has 1 aromatic carbocycles. The highest BCUT2D eigenvalue weighted by Crippen LogP contribution is 2.27. The summed E-state index contributed by atoms with van der Waals surface area (Å²) in [5.41, 5.74) is 0.987. The maximum atomic E-state index is 8.74. The Morgan fingerprint density at radius 3 is 2.33 bits per heavy atom. The molecule has 2 N–H and O–H groups in total. The molecule has 0 heterocycles. The minimum absolute atomic E-state index is 0.315. The van der Waals surface area contributed by atoms with E-state index in [1.54, 1.807) is 20.3 Å². The van der Waals surface area contributed by atoms with Crippen molar-refractivity contribution in [3.8, 4) is 11.5 Å². The maximum Gasteiger partial charge on any atom is 0.451 e. The average Bonchev–Trinajstić information content (AvgIpc) is 2.25. The van der Waals surface area contributed by atoms with E-state index in [0.717, 1.165) is 5.56 Å². The normalized spacial score (nSPS) is 9.87.